The third-order valence-electron chi connectivity index (χ3n) is 2.04. The van der Waals surface area contributed by atoms with Gasteiger partial charge in [-0.3, -0.25) is 4.55 Å². The molecule has 1 aliphatic heterocycles. The zero-order chi connectivity index (χ0) is 12.2. The minimum absolute atomic E-state index is 0.355. The third kappa shape index (κ3) is 4.72. The van der Waals surface area contributed by atoms with E-state index in [0.717, 1.165) is 0 Å². The van der Waals surface area contributed by atoms with E-state index in [1.165, 1.54) is 4.31 Å². The van der Waals surface area contributed by atoms with E-state index in [0.29, 0.717) is 26.2 Å². The lowest BCUT2D eigenvalue weighted by atomic mass is 10.4. The SMILES string of the molecule is O=S(=O)(O)OCCS(=O)(=O)N1CCNCC1. The summed E-state index contributed by atoms with van der Waals surface area (Å²) in [6.07, 6.45) is 0. The van der Waals surface area contributed by atoms with E-state index in [1.807, 2.05) is 0 Å². The summed E-state index contributed by atoms with van der Waals surface area (Å²) in [7, 11) is -8.09. The fourth-order valence-corrected chi connectivity index (χ4v) is 2.99. The van der Waals surface area contributed by atoms with Crippen molar-refractivity contribution in [1.82, 2.24) is 9.62 Å². The van der Waals surface area contributed by atoms with Gasteiger partial charge in [0.2, 0.25) is 10.0 Å². The molecule has 0 atom stereocenters. The molecule has 0 saturated carbocycles. The Bertz CT molecular complexity index is 410. The second-order valence-electron chi connectivity index (χ2n) is 3.21. The Morgan fingerprint density at radius 2 is 1.75 bits per heavy atom. The molecular formula is C6H14N2O6S2. The van der Waals surface area contributed by atoms with Gasteiger partial charge in [-0.2, -0.15) is 12.7 Å². The minimum atomic E-state index is -4.57. The Balaban J connectivity index is 2.45. The quantitative estimate of drug-likeness (QED) is 0.560. The van der Waals surface area contributed by atoms with Crippen molar-refractivity contribution < 1.29 is 25.6 Å². The van der Waals surface area contributed by atoms with Crippen molar-refractivity contribution in [2.24, 2.45) is 0 Å². The molecule has 0 spiro atoms. The molecule has 8 nitrogen and oxygen atoms in total. The number of rotatable bonds is 5. The third-order valence-corrected chi connectivity index (χ3v) is 4.34. The van der Waals surface area contributed by atoms with Crippen molar-refractivity contribution in [3.8, 4) is 0 Å². The fourth-order valence-electron chi connectivity index (χ4n) is 1.30. The summed E-state index contributed by atoms with van der Waals surface area (Å²) in [6.45, 7) is 1.27. The van der Waals surface area contributed by atoms with Crippen LogP contribution in [-0.2, 0) is 24.6 Å². The number of nitrogens with one attached hydrogen (secondary N) is 1. The van der Waals surface area contributed by atoms with E-state index in [1.54, 1.807) is 0 Å². The van der Waals surface area contributed by atoms with Gasteiger partial charge in [0.1, 0.15) is 0 Å². The van der Waals surface area contributed by atoms with Gasteiger partial charge in [-0.05, 0) is 0 Å². The molecule has 1 saturated heterocycles. The highest BCUT2D eigenvalue weighted by Gasteiger charge is 2.24. The number of hydrogen-bond acceptors (Lipinski definition) is 6. The molecule has 0 aromatic heterocycles. The van der Waals surface area contributed by atoms with E-state index in [2.05, 4.69) is 9.50 Å². The molecule has 1 fully saturated rings. The highest BCUT2D eigenvalue weighted by Crippen LogP contribution is 2.03. The summed E-state index contributed by atoms with van der Waals surface area (Å²) in [4.78, 5) is 0. The molecule has 0 aromatic rings. The first-order chi connectivity index (χ1) is 7.31. The van der Waals surface area contributed by atoms with Gasteiger partial charge in [-0.1, -0.05) is 0 Å². The maximum Gasteiger partial charge on any atom is 0.397 e. The zero-order valence-electron chi connectivity index (χ0n) is 8.49. The molecule has 2 N–H and O–H groups in total. The first-order valence-electron chi connectivity index (χ1n) is 4.62. The number of sulfonamides is 1. The highest BCUT2D eigenvalue weighted by atomic mass is 32.3. The average molecular weight is 274 g/mol. The van der Waals surface area contributed by atoms with Crippen LogP contribution in [0.5, 0.6) is 0 Å². The van der Waals surface area contributed by atoms with Gasteiger partial charge in [-0.25, -0.2) is 12.6 Å². The normalized spacial score (nSPS) is 19.8. The molecule has 0 unspecified atom stereocenters. The summed E-state index contributed by atoms with van der Waals surface area (Å²) < 4.78 is 57.1. The van der Waals surface area contributed by atoms with Crippen LogP contribution in [-0.4, -0.2) is 64.2 Å². The Morgan fingerprint density at radius 1 is 1.19 bits per heavy atom. The van der Waals surface area contributed by atoms with E-state index in [9.17, 15) is 16.8 Å². The first kappa shape index (κ1) is 13.8. The second kappa shape index (κ2) is 5.38. The maximum absolute atomic E-state index is 11.6. The van der Waals surface area contributed by atoms with Crippen LogP contribution in [0.25, 0.3) is 0 Å². The highest BCUT2D eigenvalue weighted by molar-refractivity contribution is 7.89. The van der Waals surface area contributed by atoms with Crippen LogP contribution in [0.15, 0.2) is 0 Å². The van der Waals surface area contributed by atoms with Gasteiger partial charge >= 0.3 is 10.4 Å². The smallest absolute Gasteiger partial charge is 0.314 e. The largest absolute Gasteiger partial charge is 0.397 e. The van der Waals surface area contributed by atoms with Crippen molar-refractivity contribution in [2.45, 2.75) is 0 Å². The molecule has 0 amide bonds. The Labute approximate surface area is 94.6 Å². The van der Waals surface area contributed by atoms with Gasteiger partial charge in [0.05, 0.1) is 12.4 Å². The fraction of sp³-hybridized carbons (Fsp3) is 1.00. The lowest BCUT2D eigenvalue weighted by Gasteiger charge is -2.26. The van der Waals surface area contributed by atoms with E-state index in [4.69, 9.17) is 4.55 Å². The van der Waals surface area contributed by atoms with Gasteiger partial charge in [0, 0.05) is 26.2 Å². The molecule has 1 aliphatic rings. The van der Waals surface area contributed by atoms with Gasteiger partial charge < -0.3 is 5.32 Å². The molecular weight excluding hydrogens is 260 g/mol. The van der Waals surface area contributed by atoms with E-state index >= 15 is 0 Å². The predicted molar refractivity (Wildman–Crippen MR) is 55.7 cm³/mol. The molecule has 0 aliphatic carbocycles. The van der Waals surface area contributed by atoms with Crippen LogP contribution in [0.4, 0.5) is 0 Å². The van der Waals surface area contributed by atoms with Gasteiger partial charge in [0.15, 0.2) is 0 Å². The summed E-state index contributed by atoms with van der Waals surface area (Å²) in [5, 5.41) is 2.99. The summed E-state index contributed by atoms with van der Waals surface area (Å²) in [5.41, 5.74) is 0. The summed E-state index contributed by atoms with van der Waals surface area (Å²) >= 11 is 0. The average Bonchev–Trinajstić information content (AvgIpc) is 2.17. The molecule has 96 valence electrons. The van der Waals surface area contributed by atoms with Crippen LogP contribution < -0.4 is 5.32 Å². The Hall–Kier alpha value is -0.260. The van der Waals surface area contributed by atoms with Crippen LogP contribution >= 0.6 is 0 Å². The lowest BCUT2D eigenvalue weighted by molar-refractivity contribution is 0.280. The molecule has 16 heavy (non-hydrogen) atoms. The van der Waals surface area contributed by atoms with Crippen molar-refractivity contribution in [2.75, 3.05) is 38.5 Å². The number of hydrogen-bond donors (Lipinski definition) is 2. The molecule has 0 bridgehead atoms. The first-order valence-corrected chi connectivity index (χ1v) is 7.59. The number of nitrogens with zero attached hydrogens (tertiary/aromatic N) is 1. The summed E-state index contributed by atoms with van der Waals surface area (Å²) in [5.74, 6) is -0.465. The van der Waals surface area contributed by atoms with Crippen molar-refractivity contribution >= 4 is 20.4 Å². The topological polar surface area (TPSA) is 113 Å². The van der Waals surface area contributed by atoms with Crippen LogP contribution in [0.1, 0.15) is 0 Å². The monoisotopic (exact) mass is 274 g/mol. The molecule has 0 radical (unpaired) electrons. The Morgan fingerprint density at radius 3 is 2.25 bits per heavy atom. The minimum Gasteiger partial charge on any atom is -0.314 e. The zero-order valence-corrected chi connectivity index (χ0v) is 10.1. The maximum atomic E-state index is 11.6. The van der Waals surface area contributed by atoms with Crippen LogP contribution in [0, 0.1) is 0 Å². The lowest BCUT2D eigenvalue weighted by Crippen LogP contribution is -2.47. The molecule has 10 heteroatoms. The standard InChI is InChI=1S/C6H14N2O6S2/c9-15(10,6-5-14-16(11,12)13)8-3-1-7-2-4-8/h7H,1-6H2,(H,11,12,13). The van der Waals surface area contributed by atoms with Gasteiger partial charge in [-0.15, -0.1) is 0 Å². The van der Waals surface area contributed by atoms with E-state index in [-0.39, 0.29) is 0 Å². The summed E-state index contributed by atoms with van der Waals surface area (Å²) in [6, 6.07) is 0. The van der Waals surface area contributed by atoms with Crippen LogP contribution in [0.3, 0.4) is 0 Å². The second-order valence-corrected chi connectivity index (χ2v) is 6.39. The predicted octanol–water partition coefficient (Wildman–Crippen LogP) is -1.96. The van der Waals surface area contributed by atoms with Crippen molar-refractivity contribution in [3.63, 3.8) is 0 Å². The molecule has 1 heterocycles. The van der Waals surface area contributed by atoms with Crippen LogP contribution in [0.2, 0.25) is 0 Å². The van der Waals surface area contributed by atoms with E-state index < -0.39 is 32.8 Å². The number of piperazine rings is 1. The molecule has 0 aromatic carbocycles. The molecule has 1 rings (SSSR count). The van der Waals surface area contributed by atoms with Crippen molar-refractivity contribution in [1.29, 1.82) is 0 Å². The Kier molecular flexibility index (Phi) is 4.64. The van der Waals surface area contributed by atoms with Gasteiger partial charge in [0.25, 0.3) is 0 Å². The van der Waals surface area contributed by atoms with Crippen molar-refractivity contribution in [3.05, 3.63) is 0 Å².